The third-order valence-corrected chi connectivity index (χ3v) is 3.32. The molecule has 0 bridgehead atoms. The molecule has 0 atom stereocenters. The number of urea groups is 1. The van der Waals surface area contributed by atoms with Gasteiger partial charge in [0.25, 0.3) is 5.91 Å². The van der Waals surface area contributed by atoms with Crippen molar-refractivity contribution in [3.05, 3.63) is 23.7 Å². The predicted molar refractivity (Wildman–Crippen MR) is 72.7 cm³/mol. The highest BCUT2D eigenvalue weighted by molar-refractivity contribution is 6.13. The minimum atomic E-state index is -0.508. The van der Waals surface area contributed by atoms with E-state index in [1.54, 1.807) is 18.3 Å². The first-order valence-electron chi connectivity index (χ1n) is 6.64. The molecule has 0 spiro atoms. The number of rotatable bonds is 2. The summed E-state index contributed by atoms with van der Waals surface area (Å²) in [5.74, 6) is 0.233. The number of anilines is 1. The minimum Gasteiger partial charge on any atom is -0.341 e. The van der Waals surface area contributed by atoms with Crippen LogP contribution in [0, 0.1) is 0 Å². The molecule has 104 valence electrons. The fourth-order valence-corrected chi connectivity index (χ4v) is 2.32. The van der Waals surface area contributed by atoms with Gasteiger partial charge in [0.15, 0.2) is 0 Å². The van der Waals surface area contributed by atoms with Gasteiger partial charge in [-0.1, -0.05) is 0 Å². The fraction of sp³-hybridized carbons (Fsp3) is 0.385. The van der Waals surface area contributed by atoms with Crippen LogP contribution in [0.1, 0.15) is 25.0 Å². The number of hydrogen-bond acceptors (Lipinski definition) is 5. The van der Waals surface area contributed by atoms with E-state index in [0.29, 0.717) is 11.6 Å². The molecular formula is C13H15N5O2. The average molecular weight is 273 g/mol. The highest BCUT2D eigenvalue weighted by Crippen LogP contribution is 2.16. The van der Waals surface area contributed by atoms with Gasteiger partial charge >= 0.3 is 6.03 Å². The number of nitrogens with one attached hydrogen (secondary N) is 2. The molecule has 2 N–H and O–H groups in total. The van der Waals surface area contributed by atoms with Crippen LogP contribution in [0.3, 0.4) is 0 Å². The lowest BCUT2D eigenvalue weighted by Crippen LogP contribution is -2.31. The summed E-state index contributed by atoms with van der Waals surface area (Å²) in [6.45, 7) is 1.91. The van der Waals surface area contributed by atoms with Gasteiger partial charge in [-0.3, -0.25) is 10.1 Å². The molecule has 3 heterocycles. The van der Waals surface area contributed by atoms with E-state index in [2.05, 4.69) is 25.5 Å². The largest absolute Gasteiger partial charge is 0.341 e. The van der Waals surface area contributed by atoms with E-state index < -0.39 is 11.9 Å². The lowest BCUT2D eigenvalue weighted by molar-refractivity contribution is -0.115. The van der Waals surface area contributed by atoms with Gasteiger partial charge in [-0.05, 0) is 31.4 Å². The van der Waals surface area contributed by atoms with Gasteiger partial charge < -0.3 is 10.2 Å². The first kappa shape index (κ1) is 12.6. The van der Waals surface area contributed by atoms with Gasteiger partial charge in [0.05, 0.1) is 5.69 Å². The summed E-state index contributed by atoms with van der Waals surface area (Å²) in [7, 11) is 0. The third-order valence-electron chi connectivity index (χ3n) is 3.32. The lowest BCUT2D eigenvalue weighted by Gasteiger charge is -2.26. The molecule has 2 fully saturated rings. The van der Waals surface area contributed by atoms with Crippen LogP contribution in [0.15, 0.2) is 18.0 Å². The van der Waals surface area contributed by atoms with E-state index in [1.165, 1.54) is 6.42 Å². The molecule has 2 aliphatic rings. The van der Waals surface area contributed by atoms with Gasteiger partial charge in [-0.25, -0.2) is 14.8 Å². The van der Waals surface area contributed by atoms with E-state index in [0.717, 1.165) is 25.9 Å². The number of hydrogen-bond donors (Lipinski definition) is 2. The van der Waals surface area contributed by atoms with Crippen LogP contribution < -0.4 is 15.5 Å². The Labute approximate surface area is 116 Å². The average Bonchev–Trinajstić information content (AvgIpc) is 2.78. The van der Waals surface area contributed by atoms with Crippen molar-refractivity contribution < 1.29 is 9.59 Å². The van der Waals surface area contributed by atoms with Gasteiger partial charge in [-0.15, -0.1) is 0 Å². The normalized spacial score (nSPS) is 21.0. The fourth-order valence-electron chi connectivity index (χ4n) is 2.32. The van der Waals surface area contributed by atoms with Crippen molar-refractivity contribution in [2.45, 2.75) is 19.3 Å². The molecule has 7 nitrogen and oxygen atoms in total. The zero-order chi connectivity index (χ0) is 13.9. The SMILES string of the molecule is O=C1NC(=O)/C(=C/c2ccnc(N3CCCCC3)n2)N1. The molecule has 0 aromatic carbocycles. The van der Waals surface area contributed by atoms with Crippen molar-refractivity contribution in [3.63, 3.8) is 0 Å². The summed E-state index contributed by atoms with van der Waals surface area (Å²) in [5, 5.41) is 4.59. The quantitative estimate of drug-likeness (QED) is 0.610. The zero-order valence-corrected chi connectivity index (χ0v) is 10.9. The monoisotopic (exact) mass is 273 g/mol. The minimum absolute atomic E-state index is 0.207. The highest BCUT2D eigenvalue weighted by atomic mass is 16.2. The Hall–Kier alpha value is -2.44. The summed E-state index contributed by atoms with van der Waals surface area (Å²) >= 11 is 0. The number of amides is 3. The summed E-state index contributed by atoms with van der Waals surface area (Å²) in [5.41, 5.74) is 0.811. The van der Waals surface area contributed by atoms with Gasteiger partial charge in [-0.2, -0.15) is 0 Å². The topological polar surface area (TPSA) is 87.2 Å². The van der Waals surface area contributed by atoms with E-state index in [-0.39, 0.29) is 5.70 Å². The third kappa shape index (κ3) is 2.61. The molecule has 0 saturated carbocycles. The molecule has 3 rings (SSSR count). The number of carbonyl (C=O) groups excluding carboxylic acids is 2. The maximum Gasteiger partial charge on any atom is 0.326 e. The van der Waals surface area contributed by atoms with Crippen LogP contribution in [-0.4, -0.2) is 35.0 Å². The molecule has 7 heteroatoms. The second-order valence-electron chi connectivity index (χ2n) is 4.80. The maximum absolute atomic E-state index is 11.5. The van der Waals surface area contributed by atoms with Crippen LogP contribution in [0.2, 0.25) is 0 Å². The van der Waals surface area contributed by atoms with Crippen LogP contribution >= 0.6 is 0 Å². The van der Waals surface area contributed by atoms with E-state index in [9.17, 15) is 9.59 Å². The van der Waals surface area contributed by atoms with Crippen LogP contribution in [0.25, 0.3) is 6.08 Å². The van der Waals surface area contributed by atoms with E-state index in [4.69, 9.17) is 0 Å². The van der Waals surface area contributed by atoms with E-state index >= 15 is 0 Å². The van der Waals surface area contributed by atoms with Gasteiger partial charge in [0.2, 0.25) is 5.95 Å². The number of piperidine rings is 1. The number of carbonyl (C=O) groups is 2. The first-order chi connectivity index (χ1) is 9.72. The Bertz CT molecular complexity index is 578. The smallest absolute Gasteiger partial charge is 0.326 e. The predicted octanol–water partition coefficient (Wildman–Crippen LogP) is 0.647. The summed E-state index contributed by atoms with van der Waals surface area (Å²) in [4.78, 5) is 33.3. The van der Waals surface area contributed by atoms with Crippen LogP contribution in [0.5, 0.6) is 0 Å². The molecule has 0 unspecified atom stereocenters. The lowest BCUT2D eigenvalue weighted by atomic mass is 10.1. The maximum atomic E-state index is 11.5. The first-order valence-corrected chi connectivity index (χ1v) is 6.64. The summed E-state index contributed by atoms with van der Waals surface area (Å²) < 4.78 is 0. The summed E-state index contributed by atoms with van der Waals surface area (Å²) in [6, 6.07) is 1.20. The molecule has 0 aliphatic carbocycles. The molecule has 2 saturated heterocycles. The van der Waals surface area contributed by atoms with Crippen molar-refractivity contribution in [1.82, 2.24) is 20.6 Å². The number of nitrogens with zero attached hydrogens (tertiary/aromatic N) is 3. The molecule has 2 aliphatic heterocycles. The summed E-state index contributed by atoms with van der Waals surface area (Å²) in [6.07, 6.45) is 6.75. The molecule has 1 aromatic heterocycles. The van der Waals surface area contributed by atoms with Crippen molar-refractivity contribution in [2.75, 3.05) is 18.0 Å². The standard InChI is InChI=1S/C13H15N5O2/c19-11-10(16-13(20)17-11)8-9-4-5-14-12(15-9)18-6-2-1-3-7-18/h4-5,8H,1-3,6-7H2,(H2,16,17,19,20)/b10-8-. The highest BCUT2D eigenvalue weighted by Gasteiger charge is 2.23. The van der Waals surface area contributed by atoms with Crippen LogP contribution in [0.4, 0.5) is 10.7 Å². The van der Waals surface area contributed by atoms with Crippen molar-refractivity contribution >= 4 is 24.0 Å². The molecule has 1 aromatic rings. The van der Waals surface area contributed by atoms with Crippen molar-refractivity contribution in [1.29, 1.82) is 0 Å². The molecule has 20 heavy (non-hydrogen) atoms. The Morgan fingerprint density at radius 1 is 1.15 bits per heavy atom. The van der Waals surface area contributed by atoms with Crippen molar-refractivity contribution in [2.24, 2.45) is 0 Å². The Balaban J connectivity index is 1.82. The molecule has 3 amide bonds. The number of imide groups is 1. The second kappa shape index (κ2) is 5.28. The van der Waals surface area contributed by atoms with Gasteiger partial charge in [0, 0.05) is 19.3 Å². The number of aromatic nitrogens is 2. The molecular weight excluding hydrogens is 258 g/mol. The second-order valence-corrected chi connectivity index (χ2v) is 4.80. The Kier molecular flexibility index (Phi) is 3.32. The van der Waals surface area contributed by atoms with Gasteiger partial charge in [0.1, 0.15) is 5.70 Å². The van der Waals surface area contributed by atoms with Crippen LogP contribution in [-0.2, 0) is 4.79 Å². The Morgan fingerprint density at radius 3 is 2.65 bits per heavy atom. The Morgan fingerprint density at radius 2 is 1.95 bits per heavy atom. The van der Waals surface area contributed by atoms with E-state index in [1.807, 2.05) is 0 Å². The molecule has 0 radical (unpaired) electrons. The van der Waals surface area contributed by atoms with Crippen molar-refractivity contribution in [3.8, 4) is 0 Å². The zero-order valence-electron chi connectivity index (χ0n) is 10.9.